The molecular weight excluding hydrogens is 299 g/mol. The van der Waals surface area contributed by atoms with Crippen molar-refractivity contribution in [3.05, 3.63) is 53.6 Å². The monoisotopic (exact) mass is 310 g/mol. The van der Waals surface area contributed by atoms with Crippen LogP contribution >= 0.6 is 23.2 Å². The molecule has 0 radical (unpaired) electrons. The Labute approximate surface area is 127 Å². The van der Waals surface area contributed by atoms with Gasteiger partial charge in [-0.2, -0.15) is 0 Å². The van der Waals surface area contributed by atoms with Crippen molar-refractivity contribution in [1.29, 1.82) is 0 Å². The molecule has 1 atom stereocenters. The smallest absolute Gasteiger partial charge is 0.262 e. The topological polar surface area (TPSA) is 35.5 Å². The fraction of sp³-hybridized carbons (Fsp3) is 0.133. The third-order valence-corrected chi connectivity index (χ3v) is 3.06. The summed E-state index contributed by atoms with van der Waals surface area (Å²) in [6.07, 6.45) is -0.681. The first-order valence-electron chi connectivity index (χ1n) is 5.94. The van der Waals surface area contributed by atoms with E-state index >= 15 is 0 Å². The molecule has 2 rings (SSSR count). The van der Waals surface area contributed by atoms with Gasteiger partial charge in [-0.05, 0) is 67.1 Å². The number of hydrogen-bond donors (Lipinski definition) is 0. The molecule has 0 spiro atoms. The largest absolute Gasteiger partial charge is 0.482 e. The molecule has 0 aromatic heterocycles. The van der Waals surface area contributed by atoms with Crippen LogP contribution in [0.4, 0.5) is 0 Å². The van der Waals surface area contributed by atoms with E-state index in [9.17, 15) is 4.79 Å². The average Bonchev–Trinajstić information content (AvgIpc) is 2.43. The summed E-state index contributed by atoms with van der Waals surface area (Å²) in [4.78, 5) is 10.9. The Morgan fingerprint density at radius 2 is 1.40 bits per heavy atom. The third kappa shape index (κ3) is 4.15. The lowest BCUT2D eigenvalue weighted by Crippen LogP contribution is -2.18. The van der Waals surface area contributed by atoms with Crippen LogP contribution in [-0.2, 0) is 4.79 Å². The van der Waals surface area contributed by atoms with Gasteiger partial charge in [-0.3, -0.25) is 4.79 Å². The van der Waals surface area contributed by atoms with Crippen LogP contribution in [0.3, 0.4) is 0 Å². The van der Waals surface area contributed by atoms with Crippen molar-refractivity contribution < 1.29 is 14.3 Å². The Morgan fingerprint density at radius 1 is 0.950 bits per heavy atom. The van der Waals surface area contributed by atoms with Crippen LogP contribution in [0, 0.1) is 0 Å². The first kappa shape index (κ1) is 14.7. The normalized spacial score (nSPS) is 11.8. The van der Waals surface area contributed by atoms with Crippen molar-refractivity contribution >= 4 is 28.4 Å². The molecule has 3 nitrogen and oxygen atoms in total. The summed E-state index contributed by atoms with van der Waals surface area (Å²) in [6, 6.07) is 14.0. The van der Waals surface area contributed by atoms with Crippen LogP contribution in [-0.4, -0.2) is 11.3 Å². The zero-order valence-corrected chi connectivity index (χ0v) is 12.2. The summed E-state index contributed by atoms with van der Waals surface area (Å²) in [5.74, 6) is 1.90. The lowest BCUT2D eigenvalue weighted by atomic mass is 10.3. The van der Waals surface area contributed by atoms with Gasteiger partial charge in [0.15, 0.2) is 6.10 Å². The highest BCUT2D eigenvalue weighted by molar-refractivity contribution is 6.64. The van der Waals surface area contributed by atoms with Gasteiger partial charge in [0.05, 0.1) is 0 Å². The van der Waals surface area contributed by atoms with Gasteiger partial charge in [-0.1, -0.05) is 11.6 Å². The van der Waals surface area contributed by atoms with E-state index in [1.807, 2.05) is 0 Å². The van der Waals surface area contributed by atoms with E-state index in [0.717, 1.165) is 0 Å². The summed E-state index contributed by atoms with van der Waals surface area (Å²) in [7, 11) is 0. The molecule has 20 heavy (non-hydrogen) atoms. The highest BCUT2D eigenvalue weighted by Crippen LogP contribution is 2.25. The number of halogens is 2. The molecule has 0 aliphatic heterocycles. The lowest BCUT2D eigenvalue weighted by Gasteiger charge is -2.11. The maximum atomic E-state index is 10.9. The van der Waals surface area contributed by atoms with Crippen molar-refractivity contribution in [2.75, 3.05) is 0 Å². The molecule has 2 aromatic carbocycles. The number of carbonyl (C=O) groups is 1. The van der Waals surface area contributed by atoms with Crippen molar-refractivity contribution in [1.82, 2.24) is 0 Å². The van der Waals surface area contributed by atoms with E-state index in [4.69, 9.17) is 32.7 Å². The minimum absolute atomic E-state index is 0.536. The fourth-order valence-corrected chi connectivity index (χ4v) is 1.65. The molecule has 1 unspecified atom stereocenters. The molecule has 0 aliphatic carbocycles. The van der Waals surface area contributed by atoms with E-state index in [1.54, 1.807) is 55.5 Å². The van der Waals surface area contributed by atoms with Crippen molar-refractivity contribution in [2.45, 2.75) is 13.0 Å². The molecule has 2 aromatic rings. The molecule has 0 bridgehead atoms. The van der Waals surface area contributed by atoms with Gasteiger partial charge in [-0.25, -0.2) is 0 Å². The number of benzene rings is 2. The van der Waals surface area contributed by atoms with Gasteiger partial charge >= 0.3 is 0 Å². The van der Waals surface area contributed by atoms with Gasteiger partial charge in [0.2, 0.25) is 0 Å². The Kier molecular flexibility index (Phi) is 4.88. The molecule has 0 N–H and O–H groups in total. The SMILES string of the molecule is CC(Oc1ccc(Oc2ccc(Cl)cc2)cc1)C(=O)Cl. The Bertz CT molecular complexity index is 579. The fourth-order valence-electron chi connectivity index (χ4n) is 1.48. The van der Waals surface area contributed by atoms with E-state index in [0.29, 0.717) is 22.3 Å². The van der Waals surface area contributed by atoms with Gasteiger partial charge in [0.25, 0.3) is 5.24 Å². The van der Waals surface area contributed by atoms with Gasteiger partial charge in [-0.15, -0.1) is 0 Å². The zero-order valence-electron chi connectivity index (χ0n) is 10.7. The summed E-state index contributed by atoms with van der Waals surface area (Å²) in [5.41, 5.74) is 0. The zero-order chi connectivity index (χ0) is 14.5. The van der Waals surface area contributed by atoms with Gasteiger partial charge in [0, 0.05) is 5.02 Å². The highest BCUT2D eigenvalue weighted by Gasteiger charge is 2.11. The molecule has 0 saturated heterocycles. The van der Waals surface area contributed by atoms with E-state index in [2.05, 4.69) is 0 Å². The number of carbonyl (C=O) groups excluding carboxylic acids is 1. The van der Waals surface area contributed by atoms with Crippen LogP contribution in [0.5, 0.6) is 17.2 Å². The van der Waals surface area contributed by atoms with Crippen LogP contribution in [0.1, 0.15) is 6.92 Å². The summed E-state index contributed by atoms with van der Waals surface area (Å²) in [6.45, 7) is 1.59. The maximum Gasteiger partial charge on any atom is 0.262 e. The standard InChI is InChI=1S/C15H12Cl2O3/c1-10(15(17)18)19-12-6-8-14(9-7-12)20-13-4-2-11(16)3-5-13/h2-10H,1H3. The molecule has 0 aliphatic rings. The second kappa shape index (κ2) is 6.64. The Morgan fingerprint density at radius 3 is 1.90 bits per heavy atom. The number of ether oxygens (including phenoxy) is 2. The van der Waals surface area contributed by atoms with E-state index in [-0.39, 0.29) is 0 Å². The van der Waals surface area contributed by atoms with Gasteiger partial charge < -0.3 is 9.47 Å². The second-order valence-corrected chi connectivity index (χ2v) is 4.90. The average molecular weight is 311 g/mol. The molecule has 0 heterocycles. The molecular formula is C15H12Cl2O3. The van der Waals surface area contributed by atoms with Crippen LogP contribution in [0.15, 0.2) is 48.5 Å². The minimum Gasteiger partial charge on any atom is -0.482 e. The Balaban J connectivity index is 2.01. The maximum absolute atomic E-state index is 10.9. The summed E-state index contributed by atoms with van der Waals surface area (Å²) >= 11 is 11.1. The number of hydrogen-bond acceptors (Lipinski definition) is 3. The minimum atomic E-state index is -0.681. The van der Waals surface area contributed by atoms with E-state index in [1.165, 1.54) is 0 Å². The van der Waals surface area contributed by atoms with E-state index < -0.39 is 11.3 Å². The quantitative estimate of drug-likeness (QED) is 0.753. The summed E-state index contributed by atoms with van der Waals surface area (Å²) in [5, 5.41) is 0.118. The predicted octanol–water partition coefficient (Wildman–Crippen LogP) is 4.67. The molecule has 5 heteroatoms. The lowest BCUT2D eigenvalue weighted by molar-refractivity contribution is -0.117. The van der Waals surface area contributed by atoms with Crippen molar-refractivity contribution in [3.8, 4) is 17.2 Å². The van der Waals surface area contributed by atoms with Crippen molar-refractivity contribution in [2.24, 2.45) is 0 Å². The van der Waals surface area contributed by atoms with Crippen LogP contribution < -0.4 is 9.47 Å². The van der Waals surface area contributed by atoms with Crippen molar-refractivity contribution in [3.63, 3.8) is 0 Å². The van der Waals surface area contributed by atoms with Crippen LogP contribution in [0.2, 0.25) is 5.02 Å². The Hall–Kier alpha value is -1.71. The third-order valence-electron chi connectivity index (χ3n) is 2.51. The first-order chi connectivity index (χ1) is 9.54. The summed E-state index contributed by atoms with van der Waals surface area (Å²) < 4.78 is 11.0. The molecule has 0 fully saturated rings. The molecule has 0 saturated carbocycles. The molecule has 0 amide bonds. The van der Waals surface area contributed by atoms with Gasteiger partial charge in [0.1, 0.15) is 17.2 Å². The second-order valence-electron chi connectivity index (χ2n) is 4.09. The highest BCUT2D eigenvalue weighted by atomic mass is 35.5. The predicted molar refractivity (Wildman–Crippen MR) is 78.9 cm³/mol. The molecule has 104 valence electrons. The van der Waals surface area contributed by atoms with Crippen LogP contribution in [0.25, 0.3) is 0 Å². The number of rotatable bonds is 5. The first-order valence-corrected chi connectivity index (χ1v) is 6.69.